The number of primary amides is 1. The van der Waals surface area contributed by atoms with E-state index in [1.54, 1.807) is 0 Å². The van der Waals surface area contributed by atoms with Gasteiger partial charge in [0.15, 0.2) is 0 Å². The van der Waals surface area contributed by atoms with Crippen molar-refractivity contribution >= 4 is 23.2 Å². The first-order valence-electron chi connectivity index (χ1n) is 6.54. The molecule has 1 atom stereocenters. The maximum absolute atomic E-state index is 11.9. The fraction of sp³-hybridized carbons (Fsp3) is 0.500. The highest BCUT2D eigenvalue weighted by Gasteiger charge is 2.37. The number of rotatable bonds is 3. The first-order chi connectivity index (χ1) is 9.02. The molecule has 3 N–H and O–H groups in total. The van der Waals surface area contributed by atoms with Crippen LogP contribution in [0.4, 0.5) is 5.69 Å². The highest BCUT2D eigenvalue weighted by atomic mass is 35.5. The molecule has 4 nitrogen and oxygen atoms in total. The minimum atomic E-state index is -0.671. The van der Waals surface area contributed by atoms with E-state index in [-0.39, 0.29) is 5.91 Å². The van der Waals surface area contributed by atoms with Crippen molar-refractivity contribution in [1.82, 2.24) is 4.90 Å². The Labute approximate surface area is 118 Å². The van der Waals surface area contributed by atoms with Crippen molar-refractivity contribution in [2.45, 2.75) is 24.8 Å². The van der Waals surface area contributed by atoms with E-state index in [9.17, 15) is 4.79 Å². The van der Waals surface area contributed by atoms with Crippen molar-refractivity contribution in [2.24, 2.45) is 5.73 Å². The van der Waals surface area contributed by atoms with Crippen LogP contribution in [0.25, 0.3) is 0 Å². The van der Waals surface area contributed by atoms with Gasteiger partial charge in [-0.05, 0) is 51.1 Å². The number of benzene rings is 1. The highest BCUT2D eigenvalue weighted by Crippen LogP contribution is 2.27. The maximum atomic E-state index is 11.9. The van der Waals surface area contributed by atoms with Gasteiger partial charge in [0.2, 0.25) is 5.91 Å². The summed E-state index contributed by atoms with van der Waals surface area (Å²) in [6, 6.07) is 7.40. The lowest BCUT2D eigenvalue weighted by atomic mass is 9.89. The molecular weight excluding hydrogens is 262 g/mol. The van der Waals surface area contributed by atoms with Gasteiger partial charge < -0.3 is 16.0 Å². The molecule has 0 radical (unpaired) electrons. The van der Waals surface area contributed by atoms with Crippen molar-refractivity contribution in [3.05, 3.63) is 29.3 Å². The zero-order chi connectivity index (χ0) is 13.9. The molecular formula is C14H20ClN3O. The van der Waals surface area contributed by atoms with E-state index >= 15 is 0 Å². The van der Waals surface area contributed by atoms with E-state index in [0.717, 1.165) is 31.6 Å². The summed E-state index contributed by atoms with van der Waals surface area (Å²) in [5.74, 6) is -0.289. The Morgan fingerprint density at radius 2 is 2.21 bits per heavy atom. The summed E-state index contributed by atoms with van der Waals surface area (Å²) in [5, 5.41) is 3.96. The van der Waals surface area contributed by atoms with E-state index in [1.165, 1.54) is 0 Å². The first kappa shape index (κ1) is 14.2. The number of nitrogens with zero attached hydrogens (tertiary/aromatic N) is 1. The van der Waals surface area contributed by atoms with Crippen LogP contribution in [0.1, 0.15) is 19.3 Å². The van der Waals surface area contributed by atoms with Crippen LogP contribution < -0.4 is 11.1 Å². The first-order valence-corrected chi connectivity index (χ1v) is 6.92. The number of hydrogen-bond acceptors (Lipinski definition) is 3. The Kier molecular flexibility index (Phi) is 4.32. The molecule has 1 saturated heterocycles. The van der Waals surface area contributed by atoms with E-state index in [2.05, 4.69) is 17.3 Å². The van der Waals surface area contributed by atoms with Crippen LogP contribution >= 0.6 is 11.6 Å². The van der Waals surface area contributed by atoms with Gasteiger partial charge in [-0.2, -0.15) is 0 Å². The largest absolute Gasteiger partial charge is 0.371 e. The number of hydrogen-bond donors (Lipinski definition) is 2. The van der Waals surface area contributed by atoms with Crippen molar-refractivity contribution in [3.8, 4) is 0 Å². The number of amides is 1. The average Bonchev–Trinajstić information content (AvgIpc) is 2.53. The molecule has 0 bridgehead atoms. The maximum Gasteiger partial charge on any atom is 0.243 e. The minimum Gasteiger partial charge on any atom is -0.371 e. The molecule has 1 unspecified atom stereocenters. The zero-order valence-electron chi connectivity index (χ0n) is 11.2. The number of anilines is 1. The summed E-state index contributed by atoms with van der Waals surface area (Å²) in [4.78, 5) is 14.2. The van der Waals surface area contributed by atoms with Crippen molar-refractivity contribution in [3.63, 3.8) is 0 Å². The Bertz CT molecular complexity index is 466. The van der Waals surface area contributed by atoms with Gasteiger partial charge in [0.25, 0.3) is 0 Å². The van der Waals surface area contributed by atoms with Gasteiger partial charge in [-0.15, -0.1) is 0 Å². The van der Waals surface area contributed by atoms with Gasteiger partial charge in [-0.1, -0.05) is 17.7 Å². The summed E-state index contributed by atoms with van der Waals surface area (Å²) >= 11 is 5.98. The Hall–Kier alpha value is -1.26. The number of likely N-dealkylation sites (tertiary alicyclic amines) is 1. The molecule has 1 aromatic rings. The van der Waals surface area contributed by atoms with Gasteiger partial charge in [0, 0.05) is 17.3 Å². The number of nitrogens with two attached hydrogens (primary N) is 1. The molecule has 19 heavy (non-hydrogen) atoms. The van der Waals surface area contributed by atoms with E-state index in [4.69, 9.17) is 17.3 Å². The lowest BCUT2D eigenvalue weighted by Crippen LogP contribution is -2.51. The van der Waals surface area contributed by atoms with Crippen LogP contribution in [0.3, 0.4) is 0 Å². The summed E-state index contributed by atoms with van der Waals surface area (Å²) in [6.45, 7) is 1.85. The lowest BCUT2D eigenvalue weighted by molar-refractivity contribution is -0.122. The number of halogens is 1. The second-order valence-corrected chi connectivity index (χ2v) is 5.67. The fourth-order valence-electron chi connectivity index (χ4n) is 2.54. The van der Waals surface area contributed by atoms with Crippen molar-refractivity contribution < 1.29 is 4.79 Å². The zero-order valence-corrected chi connectivity index (χ0v) is 11.9. The second-order valence-electron chi connectivity index (χ2n) is 5.24. The lowest BCUT2D eigenvalue weighted by Gasteiger charge is -2.31. The molecule has 1 aliphatic rings. The molecule has 2 rings (SSSR count). The molecule has 1 aromatic carbocycles. The standard InChI is InChI=1S/C14H20ClN3O/c1-18-8-3-6-14(7-9-18,13(16)19)17-12-5-2-4-11(15)10-12/h2,4-5,10,17H,3,6-9H2,1H3,(H2,16,19). The van der Waals surface area contributed by atoms with E-state index in [1.807, 2.05) is 24.3 Å². The smallest absolute Gasteiger partial charge is 0.243 e. The van der Waals surface area contributed by atoms with Gasteiger partial charge in [0.1, 0.15) is 5.54 Å². The fourth-order valence-corrected chi connectivity index (χ4v) is 2.74. The predicted octanol–water partition coefficient (Wildman–Crippen LogP) is 2.09. The monoisotopic (exact) mass is 281 g/mol. The molecule has 0 aliphatic carbocycles. The van der Waals surface area contributed by atoms with Crippen LogP contribution in [0.2, 0.25) is 5.02 Å². The Morgan fingerprint density at radius 3 is 2.89 bits per heavy atom. The number of carbonyl (C=O) groups is 1. The minimum absolute atomic E-state index is 0.289. The van der Waals surface area contributed by atoms with Crippen LogP contribution in [-0.2, 0) is 4.79 Å². The third kappa shape index (κ3) is 3.39. The molecule has 0 spiro atoms. The van der Waals surface area contributed by atoms with Crippen LogP contribution in [-0.4, -0.2) is 36.5 Å². The Morgan fingerprint density at radius 1 is 1.42 bits per heavy atom. The molecule has 5 heteroatoms. The Balaban J connectivity index is 2.22. The topological polar surface area (TPSA) is 58.4 Å². The van der Waals surface area contributed by atoms with Crippen molar-refractivity contribution in [2.75, 3.05) is 25.5 Å². The third-order valence-electron chi connectivity index (χ3n) is 3.74. The third-order valence-corrected chi connectivity index (χ3v) is 3.98. The quantitative estimate of drug-likeness (QED) is 0.892. The molecule has 1 amide bonds. The van der Waals surface area contributed by atoms with E-state index < -0.39 is 5.54 Å². The number of nitrogens with one attached hydrogen (secondary N) is 1. The normalized spacial score (nSPS) is 24.7. The summed E-state index contributed by atoms with van der Waals surface area (Å²) < 4.78 is 0. The predicted molar refractivity (Wildman–Crippen MR) is 78.3 cm³/mol. The second kappa shape index (κ2) is 5.80. The molecule has 1 heterocycles. The summed E-state index contributed by atoms with van der Waals surface area (Å²) in [5.41, 5.74) is 5.82. The molecule has 0 aromatic heterocycles. The van der Waals surface area contributed by atoms with E-state index in [0.29, 0.717) is 11.4 Å². The average molecular weight is 282 g/mol. The summed E-state index contributed by atoms with van der Waals surface area (Å²) in [6.07, 6.45) is 2.41. The number of carbonyl (C=O) groups excluding carboxylic acids is 1. The van der Waals surface area contributed by atoms with Crippen LogP contribution in [0.5, 0.6) is 0 Å². The van der Waals surface area contributed by atoms with Gasteiger partial charge in [0.05, 0.1) is 0 Å². The highest BCUT2D eigenvalue weighted by molar-refractivity contribution is 6.30. The molecule has 1 aliphatic heterocycles. The summed E-state index contributed by atoms with van der Waals surface area (Å²) in [7, 11) is 2.07. The van der Waals surface area contributed by atoms with Crippen LogP contribution in [0, 0.1) is 0 Å². The SMILES string of the molecule is CN1CCCC(Nc2cccc(Cl)c2)(C(N)=O)CC1. The van der Waals surface area contributed by atoms with Gasteiger partial charge in [-0.3, -0.25) is 4.79 Å². The van der Waals surface area contributed by atoms with Crippen molar-refractivity contribution in [1.29, 1.82) is 0 Å². The van der Waals surface area contributed by atoms with Gasteiger partial charge in [-0.25, -0.2) is 0 Å². The molecule has 104 valence electrons. The molecule has 1 fully saturated rings. The van der Waals surface area contributed by atoms with Crippen LogP contribution in [0.15, 0.2) is 24.3 Å². The molecule has 0 saturated carbocycles. The van der Waals surface area contributed by atoms with Gasteiger partial charge >= 0.3 is 0 Å².